The molecule has 6 nitrogen and oxygen atoms in total. The van der Waals surface area contributed by atoms with Crippen molar-refractivity contribution in [1.29, 1.82) is 0 Å². The maximum Gasteiger partial charge on any atom is 0.234 e. The molecule has 1 aliphatic heterocycles. The molecule has 0 unspecified atom stereocenters. The molecule has 0 aliphatic carbocycles. The number of benzene rings is 2. The van der Waals surface area contributed by atoms with Crippen LogP contribution in [0.4, 0.5) is 0 Å². The highest BCUT2D eigenvalue weighted by molar-refractivity contribution is 6.42. The predicted octanol–water partition coefficient (Wildman–Crippen LogP) is 4.92. The van der Waals surface area contributed by atoms with Crippen LogP contribution < -0.4 is 10.1 Å². The van der Waals surface area contributed by atoms with Crippen molar-refractivity contribution < 1.29 is 14.3 Å². The second-order valence-electron chi connectivity index (χ2n) is 9.23. The molecule has 1 saturated heterocycles. The van der Waals surface area contributed by atoms with Crippen LogP contribution in [-0.4, -0.2) is 73.4 Å². The molecular formula is C27H35Cl2N3O3. The van der Waals surface area contributed by atoms with Gasteiger partial charge in [0.1, 0.15) is 5.75 Å². The van der Waals surface area contributed by atoms with E-state index in [9.17, 15) is 9.59 Å². The van der Waals surface area contributed by atoms with Crippen LogP contribution in [0, 0.1) is 0 Å². The lowest BCUT2D eigenvalue weighted by Gasteiger charge is -2.34. The van der Waals surface area contributed by atoms with Gasteiger partial charge >= 0.3 is 0 Å². The third-order valence-corrected chi connectivity index (χ3v) is 6.71. The Morgan fingerprint density at radius 3 is 2.20 bits per heavy atom. The zero-order valence-electron chi connectivity index (χ0n) is 20.6. The first-order chi connectivity index (χ1) is 16.8. The quantitative estimate of drug-likeness (QED) is 0.318. The second kappa shape index (κ2) is 13.8. The summed E-state index contributed by atoms with van der Waals surface area (Å²) in [6.07, 6.45) is 3.22. The number of ether oxygens (including phenoxy) is 1. The summed E-state index contributed by atoms with van der Waals surface area (Å²) in [5.74, 6) is 0.768. The minimum absolute atomic E-state index is 0.102. The number of halogens is 2. The van der Waals surface area contributed by atoms with Crippen LogP contribution in [0.3, 0.4) is 0 Å². The standard InChI is InChI=1S/C27H35Cl2N3O3/c1-20(2)30-26(33)19-32-15-13-31(14-16-32)12-4-3-5-17-35-23-9-6-21(7-10-23)27(34)22-8-11-24(28)25(29)18-22/h6-11,18,20H,3-5,12-17,19H2,1-2H3,(H,30,33). The van der Waals surface area contributed by atoms with E-state index in [1.54, 1.807) is 30.3 Å². The highest BCUT2D eigenvalue weighted by Crippen LogP contribution is 2.24. The molecule has 0 spiro atoms. The van der Waals surface area contributed by atoms with Crippen LogP contribution in [0.25, 0.3) is 0 Å². The lowest BCUT2D eigenvalue weighted by molar-refractivity contribution is -0.123. The zero-order valence-corrected chi connectivity index (χ0v) is 22.1. The Morgan fingerprint density at radius 2 is 1.54 bits per heavy atom. The fourth-order valence-electron chi connectivity index (χ4n) is 4.05. The number of carbonyl (C=O) groups is 2. The molecule has 190 valence electrons. The third-order valence-electron chi connectivity index (χ3n) is 5.97. The van der Waals surface area contributed by atoms with Gasteiger partial charge in [-0.25, -0.2) is 0 Å². The van der Waals surface area contributed by atoms with Crippen LogP contribution in [0.5, 0.6) is 5.75 Å². The van der Waals surface area contributed by atoms with Crippen molar-refractivity contribution in [3.8, 4) is 5.75 Å². The Morgan fingerprint density at radius 1 is 0.886 bits per heavy atom. The predicted molar refractivity (Wildman–Crippen MR) is 142 cm³/mol. The summed E-state index contributed by atoms with van der Waals surface area (Å²) in [7, 11) is 0. The maximum atomic E-state index is 12.6. The maximum absolute atomic E-state index is 12.6. The molecule has 0 saturated carbocycles. The van der Waals surface area contributed by atoms with Crippen molar-refractivity contribution in [2.75, 3.05) is 45.9 Å². The molecule has 2 aromatic rings. The van der Waals surface area contributed by atoms with Crippen LogP contribution >= 0.6 is 23.2 Å². The van der Waals surface area contributed by atoms with Gasteiger partial charge in [0, 0.05) is 43.3 Å². The molecule has 2 aromatic carbocycles. The Kier molecular flexibility index (Phi) is 10.9. The Labute approximate surface area is 218 Å². The van der Waals surface area contributed by atoms with Crippen LogP contribution in [0.2, 0.25) is 10.0 Å². The first-order valence-corrected chi connectivity index (χ1v) is 13.0. The van der Waals surface area contributed by atoms with Gasteiger partial charge in [0.05, 0.1) is 23.2 Å². The van der Waals surface area contributed by atoms with Gasteiger partial charge in [-0.15, -0.1) is 0 Å². The first kappa shape index (κ1) is 27.5. The molecule has 8 heteroatoms. The molecule has 35 heavy (non-hydrogen) atoms. The van der Waals surface area contributed by atoms with Crippen molar-refractivity contribution in [2.45, 2.75) is 39.2 Å². The minimum atomic E-state index is -0.102. The van der Waals surface area contributed by atoms with Gasteiger partial charge in [0.2, 0.25) is 5.91 Å². The van der Waals surface area contributed by atoms with Crippen molar-refractivity contribution >= 4 is 34.9 Å². The van der Waals surface area contributed by atoms with E-state index in [1.165, 1.54) is 0 Å². The van der Waals surface area contributed by atoms with Crippen molar-refractivity contribution in [3.63, 3.8) is 0 Å². The number of carbonyl (C=O) groups excluding carboxylic acids is 2. The number of amides is 1. The molecule has 0 aromatic heterocycles. The van der Waals surface area contributed by atoms with E-state index in [2.05, 4.69) is 15.1 Å². The van der Waals surface area contributed by atoms with Crippen molar-refractivity contribution in [2.24, 2.45) is 0 Å². The number of rotatable bonds is 12. The van der Waals surface area contributed by atoms with E-state index in [-0.39, 0.29) is 17.7 Å². The molecule has 1 N–H and O–H groups in total. The largest absolute Gasteiger partial charge is 0.494 e. The number of piperazine rings is 1. The molecule has 1 aliphatic rings. The highest BCUT2D eigenvalue weighted by atomic mass is 35.5. The molecule has 1 heterocycles. The van der Waals surface area contributed by atoms with Gasteiger partial charge in [0.15, 0.2) is 5.78 Å². The van der Waals surface area contributed by atoms with Crippen LogP contribution in [0.1, 0.15) is 49.0 Å². The molecule has 0 radical (unpaired) electrons. The lowest BCUT2D eigenvalue weighted by Crippen LogP contribution is -2.50. The molecular weight excluding hydrogens is 485 g/mol. The summed E-state index contributed by atoms with van der Waals surface area (Å²) < 4.78 is 5.84. The van der Waals surface area contributed by atoms with E-state index in [0.717, 1.165) is 57.7 Å². The third kappa shape index (κ3) is 9.12. The van der Waals surface area contributed by atoms with Gasteiger partial charge in [0.25, 0.3) is 0 Å². The molecule has 1 fully saturated rings. The SMILES string of the molecule is CC(C)NC(=O)CN1CCN(CCCCCOc2ccc(C(=O)c3ccc(Cl)c(Cl)c3)cc2)CC1. The highest BCUT2D eigenvalue weighted by Gasteiger charge is 2.18. The van der Waals surface area contributed by atoms with E-state index < -0.39 is 0 Å². The number of hydrogen-bond donors (Lipinski definition) is 1. The number of nitrogens with zero attached hydrogens (tertiary/aromatic N) is 2. The van der Waals surface area contributed by atoms with Gasteiger partial charge in [-0.05, 0) is 82.1 Å². The lowest BCUT2D eigenvalue weighted by atomic mass is 10.0. The zero-order chi connectivity index (χ0) is 25.2. The number of ketones is 1. The van der Waals surface area contributed by atoms with Crippen LogP contribution in [0.15, 0.2) is 42.5 Å². The molecule has 1 amide bonds. The van der Waals surface area contributed by atoms with Crippen molar-refractivity contribution in [1.82, 2.24) is 15.1 Å². The average Bonchev–Trinajstić information content (AvgIpc) is 2.83. The van der Waals surface area contributed by atoms with Gasteiger partial charge in [-0.1, -0.05) is 23.2 Å². The van der Waals surface area contributed by atoms with E-state index in [1.807, 2.05) is 26.0 Å². The number of nitrogens with one attached hydrogen (secondary N) is 1. The Balaban J connectivity index is 1.28. The summed E-state index contributed by atoms with van der Waals surface area (Å²) >= 11 is 12.0. The van der Waals surface area contributed by atoms with E-state index in [4.69, 9.17) is 27.9 Å². The average molecular weight is 521 g/mol. The van der Waals surface area contributed by atoms with Gasteiger partial charge in [-0.3, -0.25) is 14.5 Å². The van der Waals surface area contributed by atoms with Gasteiger partial charge in [-0.2, -0.15) is 0 Å². The first-order valence-electron chi connectivity index (χ1n) is 12.3. The fourth-order valence-corrected chi connectivity index (χ4v) is 4.35. The summed E-state index contributed by atoms with van der Waals surface area (Å²) in [5.41, 5.74) is 1.09. The van der Waals surface area contributed by atoms with E-state index >= 15 is 0 Å². The fraction of sp³-hybridized carbons (Fsp3) is 0.481. The number of hydrogen-bond acceptors (Lipinski definition) is 5. The minimum Gasteiger partial charge on any atom is -0.494 e. The number of unbranched alkanes of at least 4 members (excludes halogenated alkanes) is 2. The Bertz CT molecular complexity index is 974. The van der Waals surface area contributed by atoms with E-state index in [0.29, 0.717) is 34.3 Å². The molecule has 3 rings (SSSR count). The van der Waals surface area contributed by atoms with Gasteiger partial charge < -0.3 is 15.0 Å². The summed E-state index contributed by atoms with van der Waals surface area (Å²) in [6, 6.07) is 12.3. The molecule has 0 bridgehead atoms. The normalized spacial score (nSPS) is 14.8. The van der Waals surface area contributed by atoms with Crippen LogP contribution in [-0.2, 0) is 4.79 Å². The topological polar surface area (TPSA) is 61.9 Å². The molecule has 0 atom stereocenters. The Hall–Kier alpha value is -2.12. The summed E-state index contributed by atoms with van der Waals surface area (Å²) in [4.78, 5) is 29.2. The monoisotopic (exact) mass is 519 g/mol. The summed E-state index contributed by atoms with van der Waals surface area (Å²) in [5, 5.41) is 3.75. The summed E-state index contributed by atoms with van der Waals surface area (Å²) in [6.45, 7) is 10.1. The van der Waals surface area contributed by atoms with Crippen molar-refractivity contribution in [3.05, 3.63) is 63.6 Å². The second-order valence-corrected chi connectivity index (χ2v) is 10.0. The smallest absolute Gasteiger partial charge is 0.234 e.